The number of hydrogen-bond donors (Lipinski definition) is 2. The van der Waals surface area contributed by atoms with Crippen LogP contribution in [0.1, 0.15) is 39.2 Å². The van der Waals surface area contributed by atoms with Gasteiger partial charge in [-0.05, 0) is 24.0 Å². The van der Waals surface area contributed by atoms with E-state index in [1.165, 1.54) is 6.07 Å². The van der Waals surface area contributed by atoms with Crippen LogP contribution in [0.3, 0.4) is 0 Å². The number of nitrogens with zero attached hydrogens (tertiary/aromatic N) is 1. The number of aliphatic hydroxyl groups is 1. The molecule has 0 spiro atoms. The molecule has 1 aliphatic heterocycles. The van der Waals surface area contributed by atoms with E-state index in [9.17, 15) is 19.1 Å². The maximum Gasteiger partial charge on any atom is 0.223 e. The van der Waals surface area contributed by atoms with Crippen LogP contribution in [-0.4, -0.2) is 41.5 Å². The van der Waals surface area contributed by atoms with Crippen molar-refractivity contribution in [3.05, 3.63) is 34.1 Å². The van der Waals surface area contributed by atoms with E-state index in [1.807, 2.05) is 0 Å². The molecule has 5 nitrogen and oxygen atoms in total. The summed E-state index contributed by atoms with van der Waals surface area (Å²) in [6.07, 6.45) is 1.54. The summed E-state index contributed by atoms with van der Waals surface area (Å²) in [7, 11) is 0. The molecule has 0 saturated carbocycles. The summed E-state index contributed by atoms with van der Waals surface area (Å²) in [5.74, 6) is -0.150. The van der Waals surface area contributed by atoms with Gasteiger partial charge in [-0.2, -0.15) is 0 Å². The van der Waals surface area contributed by atoms with Gasteiger partial charge in [0.25, 0.3) is 0 Å². The van der Waals surface area contributed by atoms with Gasteiger partial charge in [0.15, 0.2) is 0 Å². The highest BCUT2D eigenvalue weighted by atomic mass is 79.9. The summed E-state index contributed by atoms with van der Waals surface area (Å²) < 4.78 is 13.7. The third kappa shape index (κ3) is 8.45. The number of aliphatic hydroxyl groups excluding tert-OH is 1. The zero-order valence-electron chi connectivity index (χ0n) is 14.9. The standard InChI is InChI=1S/C10H19NO2.C8H7BrFNO/c1-10(2,3)6-9(13)11-5-4-8(12)7-11;9-7-2-1-6(4-11-5-12)8(10)3-7/h8,12H,4-7H2,1-3H3;1-3,5H,4H2,(H,11,12). The molecular formula is C18H26BrFN2O3. The van der Waals surface area contributed by atoms with E-state index in [-0.39, 0.29) is 29.8 Å². The summed E-state index contributed by atoms with van der Waals surface area (Å²) in [5.41, 5.74) is 0.523. The van der Waals surface area contributed by atoms with Crippen molar-refractivity contribution >= 4 is 28.2 Å². The molecule has 0 aromatic heterocycles. The minimum atomic E-state index is -0.321. The lowest BCUT2D eigenvalue weighted by Crippen LogP contribution is -2.32. The van der Waals surface area contributed by atoms with Crippen molar-refractivity contribution in [1.29, 1.82) is 0 Å². The second-order valence-corrected chi connectivity index (χ2v) is 8.17. The molecule has 140 valence electrons. The van der Waals surface area contributed by atoms with Crippen molar-refractivity contribution in [2.45, 2.75) is 46.3 Å². The van der Waals surface area contributed by atoms with Crippen LogP contribution in [0.15, 0.2) is 22.7 Å². The Bertz CT molecular complexity index is 590. The maximum atomic E-state index is 13.0. The first-order valence-electron chi connectivity index (χ1n) is 8.19. The molecule has 2 amide bonds. The molecule has 0 radical (unpaired) electrons. The minimum absolute atomic E-state index is 0.0463. The largest absolute Gasteiger partial charge is 0.391 e. The van der Waals surface area contributed by atoms with Gasteiger partial charge in [0.05, 0.1) is 6.10 Å². The van der Waals surface area contributed by atoms with Crippen LogP contribution < -0.4 is 5.32 Å². The van der Waals surface area contributed by atoms with E-state index in [4.69, 9.17) is 0 Å². The highest BCUT2D eigenvalue weighted by Crippen LogP contribution is 2.21. The first-order chi connectivity index (χ1) is 11.6. The SMILES string of the molecule is CC(C)(C)CC(=O)N1CCC(O)C1.O=CNCc1ccc(Br)cc1F. The lowest BCUT2D eigenvalue weighted by molar-refractivity contribution is -0.132. The van der Waals surface area contributed by atoms with E-state index in [1.54, 1.807) is 17.0 Å². The molecule has 0 bridgehead atoms. The lowest BCUT2D eigenvalue weighted by atomic mass is 9.92. The molecule has 1 fully saturated rings. The number of carbonyl (C=O) groups is 2. The molecule has 1 aliphatic rings. The highest BCUT2D eigenvalue weighted by molar-refractivity contribution is 9.10. The van der Waals surface area contributed by atoms with Crippen LogP contribution in [0, 0.1) is 11.2 Å². The molecule has 0 aliphatic carbocycles. The van der Waals surface area contributed by atoms with Gasteiger partial charge in [-0.3, -0.25) is 9.59 Å². The number of hydrogen-bond acceptors (Lipinski definition) is 3. The third-order valence-corrected chi connectivity index (χ3v) is 4.08. The molecular weight excluding hydrogens is 391 g/mol. The number of amides is 2. The fourth-order valence-electron chi connectivity index (χ4n) is 2.35. The summed E-state index contributed by atoms with van der Waals surface area (Å²) in [4.78, 5) is 23.3. The third-order valence-electron chi connectivity index (χ3n) is 3.59. The number of nitrogens with one attached hydrogen (secondary N) is 1. The van der Waals surface area contributed by atoms with E-state index < -0.39 is 0 Å². The summed E-state index contributed by atoms with van der Waals surface area (Å²) in [6, 6.07) is 4.71. The van der Waals surface area contributed by atoms with Crippen molar-refractivity contribution in [1.82, 2.24) is 10.2 Å². The Hall–Kier alpha value is -1.47. The van der Waals surface area contributed by atoms with E-state index in [2.05, 4.69) is 42.0 Å². The predicted molar refractivity (Wildman–Crippen MR) is 98.3 cm³/mol. The smallest absolute Gasteiger partial charge is 0.223 e. The zero-order valence-corrected chi connectivity index (χ0v) is 16.5. The maximum absolute atomic E-state index is 13.0. The number of benzene rings is 1. The van der Waals surface area contributed by atoms with Crippen molar-refractivity contribution in [2.75, 3.05) is 13.1 Å². The number of carbonyl (C=O) groups excluding carboxylic acids is 2. The Labute approximate surface area is 156 Å². The molecule has 2 rings (SSSR count). The Morgan fingerprint density at radius 1 is 1.48 bits per heavy atom. The van der Waals surface area contributed by atoms with Gasteiger partial charge in [0.2, 0.25) is 12.3 Å². The van der Waals surface area contributed by atoms with Gasteiger partial charge in [-0.15, -0.1) is 0 Å². The normalized spacial score (nSPS) is 16.9. The van der Waals surface area contributed by atoms with E-state index in [0.29, 0.717) is 29.4 Å². The number of rotatable bonds is 4. The van der Waals surface area contributed by atoms with Gasteiger partial charge in [-0.1, -0.05) is 42.8 Å². The van der Waals surface area contributed by atoms with Gasteiger partial charge in [0, 0.05) is 36.1 Å². The molecule has 1 atom stereocenters. The number of likely N-dealkylation sites (tertiary alicyclic amines) is 1. The quantitative estimate of drug-likeness (QED) is 0.741. The van der Waals surface area contributed by atoms with Crippen LogP contribution in [0.2, 0.25) is 0 Å². The first-order valence-corrected chi connectivity index (χ1v) is 8.98. The average Bonchev–Trinajstić information content (AvgIpc) is 2.92. The summed E-state index contributed by atoms with van der Waals surface area (Å²) in [5, 5.41) is 11.6. The van der Waals surface area contributed by atoms with Gasteiger partial charge >= 0.3 is 0 Å². The summed E-state index contributed by atoms with van der Waals surface area (Å²) in [6.45, 7) is 7.62. The van der Waals surface area contributed by atoms with Gasteiger partial charge in [-0.25, -0.2) is 4.39 Å². The number of β-amino-alcohol motifs (C(OH)–C–C–N with tert-alkyl or cyclic N) is 1. The fourth-order valence-corrected chi connectivity index (χ4v) is 2.68. The molecule has 1 heterocycles. The van der Waals surface area contributed by atoms with Gasteiger partial charge in [0.1, 0.15) is 5.82 Å². The topological polar surface area (TPSA) is 69.6 Å². The lowest BCUT2D eigenvalue weighted by Gasteiger charge is -2.22. The zero-order chi connectivity index (χ0) is 19.0. The Morgan fingerprint density at radius 2 is 2.16 bits per heavy atom. The molecule has 1 unspecified atom stereocenters. The Kier molecular flexibility index (Phi) is 8.52. The van der Waals surface area contributed by atoms with Crippen LogP contribution in [0.4, 0.5) is 4.39 Å². The Morgan fingerprint density at radius 3 is 2.64 bits per heavy atom. The average molecular weight is 417 g/mol. The van der Waals surface area contributed by atoms with Crippen LogP contribution >= 0.6 is 15.9 Å². The van der Waals surface area contributed by atoms with Gasteiger partial charge < -0.3 is 15.3 Å². The summed E-state index contributed by atoms with van der Waals surface area (Å²) >= 11 is 3.13. The monoisotopic (exact) mass is 416 g/mol. The van der Waals surface area contributed by atoms with Crippen LogP contribution in [0.25, 0.3) is 0 Å². The molecule has 1 aromatic rings. The van der Waals surface area contributed by atoms with E-state index in [0.717, 1.165) is 13.0 Å². The van der Waals surface area contributed by atoms with Crippen molar-refractivity contribution in [3.8, 4) is 0 Å². The van der Waals surface area contributed by atoms with Crippen molar-refractivity contribution < 1.29 is 19.1 Å². The molecule has 1 aromatic carbocycles. The molecule has 7 heteroatoms. The molecule has 25 heavy (non-hydrogen) atoms. The molecule has 2 N–H and O–H groups in total. The van der Waals surface area contributed by atoms with Crippen LogP contribution in [0.5, 0.6) is 0 Å². The number of halogens is 2. The van der Waals surface area contributed by atoms with E-state index >= 15 is 0 Å². The highest BCUT2D eigenvalue weighted by Gasteiger charge is 2.27. The first kappa shape index (κ1) is 21.6. The second kappa shape index (κ2) is 9.87. The second-order valence-electron chi connectivity index (χ2n) is 7.25. The van der Waals surface area contributed by atoms with Crippen molar-refractivity contribution in [3.63, 3.8) is 0 Å². The van der Waals surface area contributed by atoms with Crippen molar-refractivity contribution in [2.24, 2.45) is 5.41 Å². The Balaban J connectivity index is 0.000000251. The fraction of sp³-hybridized carbons (Fsp3) is 0.556. The predicted octanol–water partition coefficient (Wildman–Crippen LogP) is 2.85. The minimum Gasteiger partial charge on any atom is -0.391 e. The molecule has 1 saturated heterocycles. The van der Waals surface area contributed by atoms with Crippen LogP contribution in [-0.2, 0) is 16.1 Å².